The summed E-state index contributed by atoms with van der Waals surface area (Å²) in [6, 6.07) is 4.12. The van der Waals surface area contributed by atoms with Gasteiger partial charge in [-0.3, -0.25) is 9.79 Å². The van der Waals surface area contributed by atoms with Crippen LogP contribution in [0.5, 0.6) is 0 Å². The molecule has 3 nitrogen and oxygen atoms in total. The number of hydrogen-bond acceptors (Lipinski definition) is 3. The summed E-state index contributed by atoms with van der Waals surface area (Å²) in [7, 11) is 0. The molecule has 0 aromatic heterocycles. The van der Waals surface area contributed by atoms with Crippen molar-refractivity contribution >= 4 is 11.6 Å². The van der Waals surface area contributed by atoms with E-state index in [1.165, 1.54) is 5.56 Å². The van der Waals surface area contributed by atoms with Crippen molar-refractivity contribution in [1.82, 2.24) is 5.32 Å². The number of Topliss-reactive ketones (excluding diaryl/α,β-unsaturated/α-hetero) is 1. The van der Waals surface area contributed by atoms with Crippen molar-refractivity contribution in [3.63, 3.8) is 0 Å². The van der Waals surface area contributed by atoms with E-state index >= 15 is 0 Å². The lowest BCUT2D eigenvalue weighted by atomic mass is 9.95. The largest absolute Gasteiger partial charge is 0.372 e. The molecule has 1 N–H and O–H groups in total. The quantitative estimate of drug-likeness (QED) is 0.809. The molecule has 0 atom stereocenters. The minimum absolute atomic E-state index is 0.160. The Labute approximate surface area is 102 Å². The third-order valence-electron chi connectivity index (χ3n) is 3.03. The van der Waals surface area contributed by atoms with Crippen molar-refractivity contribution in [2.45, 2.75) is 27.2 Å². The maximum absolute atomic E-state index is 12.2. The molecule has 1 aromatic carbocycles. The second kappa shape index (κ2) is 4.70. The van der Waals surface area contributed by atoms with Gasteiger partial charge < -0.3 is 5.32 Å². The lowest BCUT2D eigenvalue weighted by Crippen LogP contribution is -2.22. The van der Waals surface area contributed by atoms with Gasteiger partial charge in [0.25, 0.3) is 0 Å². The number of ketones is 1. The highest BCUT2D eigenvalue weighted by molar-refractivity contribution is 6.10. The molecule has 1 aromatic rings. The van der Waals surface area contributed by atoms with Gasteiger partial charge in [0.05, 0.1) is 13.0 Å². The number of carbonyl (C=O) groups excluding carboxylic acids is 1. The minimum atomic E-state index is 0.160. The van der Waals surface area contributed by atoms with Gasteiger partial charge in [0.2, 0.25) is 0 Å². The van der Waals surface area contributed by atoms with Gasteiger partial charge in [0.1, 0.15) is 5.84 Å². The molecule has 0 spiro atoms. The number of carbonyl (C=O) groups is 1. The summed E-state index contributed by atoms with van der Waals surface area (Å²) < 4.78 is 0. The van der Waals surface area contributed by atoms with E-state index in [0.717, 1.165) is 35.6 Å². The van der Waals surface area contributed by atoms with E-state index in [-0.39, 0.29) is 5.78 Å². The number of hydrogen-bond donors (Lipinski definition) is 1. The van der Waals surface area contributed by atoms with Crippen molar-refractivity contribution < 1.29 is 4.79 Å². The van der Waals surface area contributed by atoms with Crippen molar-refractivity contribution in [3.05, 3.63) is 34.4 Å². The standard InChI is InChI=1S/C14H18N2O/c1-9-6-10(2)14(11(3)7-9)12(17)8-13-15-4-5-16-13/h6-7H,4-5,8H2,1-3H3,(H,15,16). The maximum atomic E-state index is 12.2. The summed E-state index contributed by atoms with van der Waals surface area (Å²) in [6.45, 7) is 7.69. The van der Waals surface area contributed by atoms with Gasteiger partial charge >= 0.3 is 0 Å². The number of rotatable bonds is 3. The Morgan fingerprint density at radius 2 is 1.94 bits per heavy atom. The van der Waals surface area contributed by atoms with Crippen molar-refractivity contribution in [2.75, 3.05) is 13.1 Å². The Kier molecular flexibility index (Phi) is 3.27. The van der Waals surface area contributed by atoms with E-state index in [0.29, 0.717) is 6.42 Å². The zero-order chi connectivity index (χ0) is 12.4. The molecular weight excluding hydrogens is 212 g/mol. The first-order valence-corrected chi connectivity index (χ1v) is 5.96. The zero-order valence-corrected chi connectivity index (χ0v) is 10.6. The van der Waals surface area contributed by atoms with Crippen LogP contribution < -0.4 is 5.32 Å². The molecule has 0 bridgehead atoms. The summed E-state index contributed by atoms with van der Waals surface area (Å²) in [6.07, 6.45) is 0.394. The highest BCUT2D eigenvalue weighted by Crippen LogP contribution is 2.18. The lowest BCUT2D eigenvalue weighted by molar-refractivity contribution is 0.0999. The summed E-state index contributed by atoms with van der Waals surface area (Å²) >= 11 is 0. The van der Waals surface area contributed by atoms with Crippen LogP contribution in [0.3, 0.4) is 0 Å². The van der Waals surface area contributed by atoms with Crippen LogP contribution in [-0.2, 0) is 0 Å². The van der Waals surface area contributed by atoms with Gasteiger partial charge in [-0.05, 0) is 31.9 Å². The predicted molar refractivity (Wildman–Crippen MR) is 69.9 cm³/mol. The maximum Gasteiger partial charge on any atom is 0.170 e. The molecule has 1 heterocycles. The molecule has 2 rings (SSSR count). The van der Waals surface area contributed by atoms with E-state index in [9.17, 15) is 4.79 Å². The summed E-state index contributed by atoms with van der Waals surface area (Å²) in [5.74, 6) is 0.988. The first kappa shape index (κ1) is 11.8. The second-order valence-electron chi connectivity index (χ2n) is 4.63. The number of nitrogens with one attached hydrogen (secondary N) is 1. The van der Waals surface area contributed by atoms with E-state index in [1.54, 1.807) is 0 Å². The SMILES string of the molecule is Cc1cc(C)c(C(=O)CC2=NCCN2)c(C)c1. The third-order valence-corrected chi connectivity index (χ3v) is 3.03. The summed E-state index contributed by atoms with van der Waals surface area (Å²) in [5, 5.41) is 3.14. The van der Waals surface area contributed by atoms with E-state index in [1.807, 2.05) is 13.8 Å². The van der Waals surface area contributed by atoms with Gasteiger partial charge in [-0.1, -0.05) is 17.7 Å². The molecule has 0 fully saturated rings. The Bertz CT molecular complexity index is 466. The smallest absolute Gasteiger partial charge is 0.170 e. The minimum Gasteiger partial charge on any atom is -0.372 e. The van der Waals surface area contributed by atoms with Gasteiger partial charge in [-0.2, -0.15) is 0 Å². The fourth-order valence-electron chi connectivity index (χ4n) is 2.43. The number of amidine groups is 1. The van der Waals surface area contributed by atoms with Crippen LogP contribution in [0.15, 0.2) is 17.1 Å². The molecule has 1 aliphatic heterocycles. The second-order valence-corrected chi connectivity index (χ2v) is 4.63. The van der Waals surface area contributed by atoms with Crippen LogP contribution in [0.2, 0.25) is 0 Å². The highest BCUT2D eigenvalue weighted by atomic mass is 16.1. The Morgan fingerprint density at radius 1 is 1.29 bits per heavy atom. The lowest BCUT2D eigenvalue weighted by Gasteiger charge is -2.10. The molecule has 90 valence electrons. The molecule has 0 unspecified atom stereocenters. The molecule has 0 saturated heterocycles. The molecule has 0 amide bonds. The zero-order valence-electron chi connectivity index (χ0n) is 10.6. The average molecular weight is 230 g/mol. The molecule has 0 radical (unpaired) electrons. The van der Waals surface area contributed by atoms with Crippen molar-refractivity contribution in [1.29, 1.82) is 0 Å². The normalized spacial score (nSPS) is 14.4. The number of nitrogens with zero attached hydrogens (tertiary/aromatic N) is 1. The third kappa shape index (κ3) is 2.54. The predicted octanol–water partition coefficient (Wildman–Crippen LogP) is 2.19. The van der Waals surface area contributed by atoms with Crippen molar-refractivity contribution in [2.24, 2.45) is 4.99 Å². The van der Waals surface area contributed by atoms with E-state index < -0.39 is 0 Å². The highest BCUT2D eigenvalue weighted by Gasteiger charge is 2.16. The van der Waals surface area contributed by atoms with Gasteiger partial charge in [0.15, 0.2) is 5.78 Å². The molecule has 3 heteroatoms. The van der Waals surface area contributed by atoms with Crippen LogP contribution in [0.25, 0.3) is 0 Å². The topological polar surface area (TPSA) is 41.5 Å². The summed E-state index contributed by atoms with van der Waals surface area (Å²) in [5.41, 5.74) is 4.18. The average Bonchev–Trinajstić information content (AvgIpc) is 2.68. The first-order valence-electron chi connectivity index (χ1n) is 5.96. The number of aliphatic imine (C=N–C) groups is 1. The fraction of sp³-hybridized carbons (Fsp3) is 0.429. The first-order chi connectivity index (χ1) is 8.08. The molecule has 1 aliphatic rings. The van der Waals surface area contributed by atoms with Gasteiger partial charge in [-0.25, -0.2) is 0 Å². The van der Waals surface area contributed by atoms with Crippen molar-refractivity contribution in [3.8, 4) is 0 Å². The van der Waals surface area contributed by atoms with Crippen LogP contribution >= 0.6 is 0 Å². The summed E-state index contributed by atoms with van der Waals surface area (Å²) in [4.78, 5) is 16.5. The molecule has 0 saturated carbocycles. The van der Waals surface area contributed by atoms with E-state index in [2.05, 4.69) is 29.4 Å². The molecular formula is C14H18N2O. The molecule has 17 heavy (non-hydrogen) atoms. The van der Waals surface area contributed by atoms with Gasteiger partial charge in [-0.15, -0.1) is 0 Å². The number of benzene rings is 1. The fourth-order valence-corrected chi connectivity index (χ4v) is 2.43. The van der Waals surface area contributed by atoms with Crippen LogP contribution in [0.4, 0.5) is 0 Å². The monoisotopic (exact) mass is 230 g/mol. The van der Waals surface area contributed by atoms with Crippen LogP contribution in [0, 0.1) is 20.8 Å². The Balaban J connectivity index is 2.24. The van der Waals surface area contributed by atoms with Crippen LogP contribution in [-0.4, -0.2) is 24.7 Å². The van der Waals surface area contributed by atoms with Gasteiger partial charge in [0, 0.05) is 12.1 Å². The Hall–Kier alpha value is -1.64. The van der Waals surface area contributed by atoms with E-state index in [4.69, 9.17) is 0 Å². The van der Waals surface area contributed by atoms with Crippen LogP contribution in [0.1, 0.15) is 33.5 Å². The Morgan fingerprint density at radius 3 is 2.47 bits per heavy atom. The molecule has 0 aliphatic carbocycles. The number of aryl methyl sites for hydroxylation is 3.